The van der Waals surface area contributed by atoms with Gasteiger partial charge in [-0.15, -0.1) is 11.6 Å². The molecule has 104 valence electrons. The topological polar surface area (TPSA) is 17.8 Å². The monoisotopic (exact) mass is 320 g/mol. The van der Waals surface area contributed by atoms with Crippen LogP contribution in [0.1, 0.15) is 12.2 Å². The predicted molar refractivity (Wildman–Crippen MR) is 82.1 cm³/mol. The third kappa shape index (κ3) is 3.36. The molecule has 0 N–H and O–H groups in total. The summed E-state index contributed by atoms with van der Waals surface area (Å²) in [6.45, 7) is 0.824. The van der Waals surface area contributed by atoms with Gasteiger partial charge >= 0.3 is 0 Å². The SMILES string of the molecule is CSCCCn1c(CCCl)nc2cc(Cl)c(F)cc21. The van der Waals surface area contributed by atoms with E-state index in [0.717, 1.165) is 35.6 Å². The third-order valence-electron chi connectivity index (χ3n) is 2.92. The van der Waals surface area contributed by atoms with Crippen molar-refractivity contribution < 1.29 is 4.39 Å². The van der Waals surface area contributed by atoms with E-state index in [9.17, 15) is 4.39 Å². The first kappa shape index (κ1) is 14.9. The van der Waals surface area contributed by atoms with Gasteiger partial charge in [0.1, 0.15) is 11.6 Å². The minimum absolute atomic E-state index is 0.110. The molecule has 0 spiro atoms. The number of fused-ring (bicyclic) bond motifs is 1. The van der Waals surface area contributed by atoms with E-state index in [1.54, 1.807) is 17.8 Å². The Morgan fingerprint density at radius 2 is 2.21 bits per heavy atom. The minimum Gasteiger partial charge on any atom is -0.328 e. The lowest BCUT2D eigenvalue weighted by atomic mass is 10.3. The maximum absolute atomic E-state index is 13.6. The number of alkyl halides is 1. The number of rotatable bonds is 6. The molecular formula is C13H15Cl2FN2S. The smallest absolute Gasteiger partial charge is 0.144 e. The lowest BCUT2D eigenvalue weighted by Crippen LogP contribution is -2.05. The van der Waals surface area contributed by atoms with Crippen LogP contribution in [-0.4, -0.2) is 27.4 Å². The van der Waals surface area contributed by atoms with Gasteiger partial charge in [0, 0.05) is 24.9 Å². The van der Waals surface area contributed by atoms with Crippen molar-refractivity contribution in [2.45, 2.75) is 19.4 Å². The van der Waals surface area contributed by atoms with Crippen molar-refractivity contribution in [3.8, 4) is 0 Å². The minimum atomic E-state index is -0.405. The molecule has 1 aromatic carbocycles. The molecule has 0 atom stereocenters. The molecule has 0 amide bonds. The molecule has 2 aromatic rings. The quantitative estimate of drug-likeness (QED) is 0.581. The predicted octanol–water partition coefficient (Wildman–Crippen LogP) is 4.36. The van der Waals surface area contributed by atoms with Crippen molar-refractivity contribution in [1.29, 1.82) is 0 Å². The molecule has 19 heavy (non-hydrogen) atoms. The second-order valence-electron chi connectivity index (χ2n) is 4.22. The van der Waals surface area contributed by atoms with Crippen molar-refractivity contribution in [2.75, 3.05) is 17.9 Å². The number of nitrogens with zero attached hydrogens (tertiary/aromatic N) is 2. The van der Waals surface area contributed by atoms with Crippen molar-refractivity contribution in [1.82, 2.24) is 9.55 Å². The highest BCUT2D eigenvalue weighted by Gasteiger charge is 2.13. The highest BCUT2D eigenvalue weighted by Crippen LogP contribution is 2.24. The molecule has 6 heteroatoms. The van der Waals surface area contributed by atoms with E-state index >= 15 is 0 Å². The van der Waals surface area contributed by atoms with Gasteiger partial charge in [0.15, 0.2) is 0 Å². The summed E-state index contributed by atoms with van der Waals surface area (Å²) in [5.41, 5.74) is 1.53. The van der Waals surface area contributed by atoms with Crippen molar-refractivity contribution >= 4 is 46.0 Å². The number of halogens is 3. The molecule has 2 rings (SSSR count). The number of aromatic nitrogens is 2. The highest BCUT2D eigenvalue weighted by molar-refractivity contribution is 7.98. The first-order valence-electron chi connectivity index (χ1n) is 6.06. The molecule has 0 aliphatic rings. The van der Waals surface area contributed by atoms with Crippen LogP contribution >= 0.6 is 35.0 Å². The number of thioether (sulfide) groups is 1. The van der Waals surface area contributed by atoms with Crippen molar-refractivity contribution in [3.05, 3.63) is 28.8 Å². The van der Waals surface area contributed by atoms with Gasteiger partial charge < -0.3 is 4.57 Å². The summed E-state index contributed by atoms with van der Waals surface area (Å²) in [4.78, 5) is 4.50. The maximum atomic E-state index is 13.6. The second kappa shape index (κ2) is 6.82. The fourth-order valence-electron chi connectivity index (χ4n) is 2.06. The Labute approximate surface area is 126 Å². The van der Waals surface area contributed by atoms with E-state index in [4.69, 9.17) is 23.2 Å². The van der Waals surface area contributed by atoms with Crippen LogP contribution in [0.5, 0.6) is 0 Å². The molecule has 0 bridgehead atoms. The molecule has 0 saturated carbocycles. The van der Waals surface area contributed by atoms with Gasteiger partial charge in [0.05, 0.1) is 16.1 Å². The fraction of sp³-hybridized carbons (Fsp3) is 0.462. The Morgan fingerprint density at radius 1 is 1.42 bits per heavy atom. The first-order valence-corrected chi connectivity index (χ1v) is 8.37. The lowest BCUT2D eigenvalue weighted by Gasteiger charge is -2.08. The van der Waals surface area contributed by atoms with Crippen LogP contribution in [0.4, 0.5) is 4.39 Å². The van der Waals surface area contributed by atoms with Crippen LogP contribution < -0.4 is 0 Å². The van der Waals surface area contributed by atoms with Gasteiger partial charge in [-0.2, -0.15) is 11.8 Å². The Balaban J connectivity index is 2.43. The third-order valence-corrected chi connectivity index (χ3v) is 4.09. The number of hydrogen-bond donors (Lipinski definition) is 0. The van der Waals surface area contributed by atoms with Crippen molar-refractivity contribution in [3.63, 3.8) is 0 Å². The van der Waals surface area contributed by atoms with Crippen LogP contribution in [0.25, 0.3) is 11.0 Å². The molecule has 0 fully saturated rings. The average Bonchev–Trinajstić information content (AvgIpc) is 2.69. The summed E-state index contributed by atoms with van der Waals surface area (Å²) in [6, 6.07) is 3.04. The Kier molecular flexibility index (Phi) is 5.37. The summed E-state index contributed by atoms with van der Waals surface area (Å²) in [7, 11) is 0. The van der Waals surface area contributed by atoms with Gasteiger partial charge in [0.25, 0.3) is 0 Å². The summed E-state index contributed by atoms with van der Waals surface area (Å²) in [5, 5.41) is 0.110. The van der Waals surface area contributed by atoms with Crippen LogP contribution in [0, 0.1) is 5.82 Å². The van der Waals surface area contributed by atoms with Crippen molar-refractivity contribution in [2.24, 2.45) is 0 Å². The molecule has 0 aliphatic carbocycles. The summed E-state index contributed by atoms with van der Waals surface area (Å²) < 4.78 is 15.7. The molecule has 0 saturated heterocycles. The largest absolute Gasteiger partial charge is 0.328 e. The van der Waals surface area contributed by atoms with E-state index < -0.39 is 5.82 Å². The number of aryl methyl sites for hydroxylation is 2. The van der Waals surface area contributed by atoms with Crippen LogP contribution in [0.2, 0.25) is 5.02 Å². The molecular weight excluding hydrogens is 306 g/mol. The standard InChI is InChI=1S/C13H15Cl2FN2S/c1-19-6-2-5-18-12-8-10(16)9(15)7-11(12)17-13(18)3-4-14/h7-8H,2-6H2,1H3. The molecule has 0 unspecified atom stereocenters. The van der Waals surface area contributed by atoms with E-state index in [-0.39, 0.29) is 5.02 Å². The van der Waals surface area contributed by atoms with Crippen LogP contribution in [0.3, 0.4) is 0 Å². The molecule has 1 heterocycles. The van der Waals surface area contributed by atoms with Gasteiger partial charge in [-0.25, -0.2) is 9.37 Å². The summed E-state index contributed by atoms with van der Waals surface area (Å²) in [6.07, 6.45) is 3.77. The normalized spacial score (nSPS) is 11.4. The second-order valence-corrected chi connectivity index (χ2v) is 5.99. The van der Waals surface area contributed by atoms with E-state index in [0.29, 0.717) is 12.3 Å². The Morgan fingerprint density at radius 3 is 2.89 bits per heavy atom. The Hall–Kier alpha value is -0.450. The molecule has 0 aliphatic heterocycles. The van der Waals surface area contributed by atoms with Gasteiger partial charge in [0.2, 0.25) is 0 Å². The lowest BCUT2D eigenvalue weighted by molar-refractivity contribution is 0.625. The van der Waals surface area contributed by atoms with E-state index in [1.807, 2.05) is 4.57 Å². The number of imidazole rings is 1. The van der Waals surface area contributed by atoms with Gasteiger partial charge in [-0.05, 0) is 24.5 Å². The van der Waals surface area contributed by atoms with Gasteiger partial charge in [-0.3, -0.25) is 0 Å². The van der Waals surface area contributed by atoms with Crippen LogP contribution in [-0.2, 0) is 13.0 Å². The number of hydrogen-bond acceptors (Lipinski definition) is 2. The average molecular weight is 321 g/mol. The maximum Gasteiger partial charge on any atom is 0.144 e. The molecule has 0 radical (unpaired) electrons. The molecule has 1 aromatic heterocycles. The zero-order valence-electron chi connectivity index (χ0n) is 10.6. The first-order chi connectivity index (χ1) is 9.17. The van der Waals surface area contributed by atoms with E-state index in [1.165, 1.54) is 6.07 Å². The van der Waals surface area contributed by atoms with Gasteiger partial charge in [-0.1, -0.05) is 11.6 Å². The Bertz CT molecular complexity index is 571. The molecule has 2 nitrogen and oxygen atoms in total. The fourth-order valence-corrected chi connectivity index (χ4v) is 2.81. The van der Waals surface area contributed by atoms with E-state index in [2.05, 4.69) is 11.2 Å². The van der Waals surface area contributed by atoms with Crippen LogP contribution in [0.15, 0.2) is 12.1 Å². The zero-order valence-corrected chi connectivity index (χ0v) is 13.0. The highest BCUT2D eigenvalue weighted by atomic mass is 35.5. The number of benzene rings is 1. The summed E-state index contributed by atoms with van der Waals surface area (Å²) >= 11 is 13.4. The zero-order chi connectivity index (χ0) is 13.8. The summed E-state index contributed by atoms with van der Waals surface area (Å²) in [5.74, 6) is 2.06.